The third-order valence-corrected chi connectivity index (χ3v) is 5.86. The minimum atomic E-state index is -0.946. The smallest absolute Gasteiger partial charge is 0.300 e. The molecule has 0 bridgehead atoms. The number of carbonyl (C=O) groups is 2. The van der Waals surface area contributed by atoms with Crippen molar-refractivity contribution in [2.45, 2.75) is 6.04 Å². The topological polar surface area (TPSA) is 77.8 Å². The fraction of sp³-hybridized carbons (Fsp3) is 0.0435. The number of Topliss-reactive ketones (excluding diaryl/α,β-unsaturated/α-hetero) is 1. The van der Waals surface area contributed by atoms with Crippen molar-refractivity contribution in [3.63, 3.8) is 0 Å². The molecular weight excluding hydrogens is 505 g/mol. The van der Waals surface area contributed by atoms with Crippen LogP contribution in [0.25, 0.3) is 5.76 Å². The van der Waals surface area contributed by atoms with Gasteiger partial charge in [-0.05, 0) is 48.0 Å². The number of aliphatic hydroxyl groups is 1. The van der Waals surface area contributed by atoms with Gasteiger partial charge in [0.05, 0.1) is 11.6 Å². The Morgan fingerprint density at radius 3 is 2.06 bits per heavy atom. The molecular formula is C23H14BrCl2NO4. The zero-order valence-corrected chi connectivity index (χ0v) is 18.8. The summed E-state index contributed by atoms with van der Waals surface area (Å²) in [6.45, 7) is 0. The summed E-state index contributed by atoms with van der Waals surface area (Å²) in [6, 6.07) is 16.4. The van der Waals surface area contributed by atoms with Gasteiger partial charge in [0.15, 0.2) is 0 Å². The number of benzene rings is 3. The Hall–Kier alpha value is -2.80. The highest BCUT2D eigenvalue weighted by Crippen LogP contribution is 2.43. The van der Waals surface area contributed by atoms with E-state index in [2.05, 4.69) is 15.9 Å². The Balaban J connectivity index is 1.96. The van der Waals surface area contributed by atoms with Crippen molar-refractivity contribution in [1.82, 2.24) is 0 Å². The lowest BCUT2D eigenvalue weighted by Crippen LogP contribution is -2.29. The molecule has 31 heavy (non-hydrogen) atoms. The van der Waals surface area contributed by atoms with E-state index in [9.17, 15) is 19.8 Å². The van der Waals surface area contributed by atoms with E-state index < -0.39 is 17.7 Å². The number of hydrogen-bond donors (Lipinski definition) is 2. The maximum absolute atomic E-state index is 13.1. The van der Waals surface area contributed by atoms with Crippen molar-refractivity contribution in [2.24, 2.45) is 0 Å². The van der Waals surface area contributed by atoms with Crippen LogP contribution in [0.2, 0.25) is 10.0 Å². The maximum Gasteiger partial charge on any atom is 0.300 e. The summed E-state index contributed by atoms with van der Waals surface area (Å²) in [5, 5.41) is 21.3. The maximum atomic E-state index is 13.1. The van der Waals surface area contributed by atoms with Gasteiger partial charge in [-0.15, -0.1) is 0 Å². The average molecular weight is 519 g/mol. The summed E-state index contributed by atoms with van der Waals surface area (Å²) in [5.74, 6) is -1.94. The van der Waals surface area contributed by atoms with E-state index >= 15 is 0 Å². The third kappa shape index (κ3) is 4.06. The third-order valence-electron chi connectivity index (χ3n) is 4.90. The Labute approximate surface area is 196 Å². The lowest BCUT2D eigenvalue weighted by molar-refractivity contribution is -0.132. The monoisotopic (exact) mass is 517 g/mol. The number of anilines is 1. The standard InChI is InChI=1S/C23H14BrCl2NO4/c24-14-5-1-13(2-6-14)21(29)19-20(12-3-7-18(28)8-4-12)27(23(31)22(19)30)17-10-15(25)9-16(26)11-17/h1-11,20,28-29H/b21-19+. The fourth-order valence-electron chi connectivity index (χ4n) is 3.51. The van der Waals surface area contributed by atoms with Crippen LogP contribution in [0.1, 0.15) is 17.2 Å². The summed E-state index contributed by atoms with van der Waals surface area (Å²) < 4.78 is 0.799. The molecule has 0 aromatic heterocycles. The molecule has 4 rings (SSSR count). The molecule has 3 aromatic rings. The molecule has 1 atom stereocenters. The fourth-order valence-corrected chi connectivity index (χ4v) is 4.29. The van der Waals surface area contributed by atoms with E-state index in [1.54, 1.807) is 36.4 Å². The van der Waals surface area contributed by atoms with Crippen LogP contribution in [0, 0.1) is 0 Å². The van der Waals surface area contributed by atoms with Crippen LogP contribution in [0.4, 0.5) is 5.69 Å². The van der Waals surface area contributed by atoms with E-state index in [1.165, 1.54) is 35.2 Å². The number of hydrogen-bond acceptors (Lipinski definition) is 4. The first-order valence-electron chi connectivity index (χ1n) is 9.08. The van der Waals surface area contributed by atoms with Crippen LogP contribution < -0.4 is 4.90 Å². The number of amides is 1. The molecule has 1 aliphatic rings. The number of aromatic hydroxyl groups is 1. The molecule has 0 aliphatic carbocycles. The number of nitrogens with zero attached hydrogens (tertiary/aromatic N) is 1. The number of carbonyl (C=O) groups excluding carboxylic acids is 2. The summed E-state index contributed by atoms with van der Waals surface area (Å²) in [6.07, 6.45) is 0. The van der Waals surface area contributed by atoms with Crippen LogP contribution in [0.5, 0.6) is 5.75 Å². The lowest BCUT2D eigenvalue weighted by atomic mass is 9.95. The minimum Gasteiger partial charge on any atom is -0.508 e. The van der Waals surface area contributed by atoms with Gasteiger partial charge in [0.25, 0.3) is 11.7 Å². The van der Waals surface area contributed by atoms with Crippen molar-refractivity contribution < 1.29 is 19.8 Å². The van der Waals surface area contributed by atoms with E-state index in [1.807, 2.05) is 0 Å². The first kappa shape index (κ1) is 21.4. The molecule has 5 nitrogen and oxygen atoms in total. The number of aliphatic hydroxyl groups excluding tert-OH is 1. The molecule has 8 heteroatoms. The first-order chi connectivity index (χ1) is 14.8. The van der Waals surface area contributed by atoms with Gasteiger partial charge in [0.1, 0.15) is 11.5 Å². The van der Waals surface area contributed by atoms with Gasteiger partial charge in [-0.25, -0.2) is 0 Å². The zero-order chi connectivity index (χ0) is 22.3. The molecule has 1 unspecified atom stereocenters. The molecule has 1 heterocycles. The first-order valence-corrected chi connectivity index (χ1v) is 10.6. The predicted molar refractivity (Wildman–Crippen MR) is 123 cm³/mol. The zero-order valence-electron chi connectivity index (χ0n) is 15.7. The molecule has 1 saturated heterocycles. The van der Waals surface area contributed by atoms with E-state index in [0.29, 0.717) is 26.9 Å². The second-order valence-electron chi connectivity index (χ2n) is 6.90. The largest absolute Gasteiger partial charge is 0.508 e. The number of rotatable bonds is 3. The van der Waals surface area contributed by atoms with Crippen molar-refractivity contribution >= 4 is 62.3 Å². The van der Waals surface area contributed by atoms with Crippen molar-refractivity contribution in [1.29, 1.82) is 0 Å². The molecule has 0 radical (unpaired) electrons. The lowest BCUT2D eigenvalue weighted by Gasteiger charge is -2.25. The molecule has 1 amide bonds. The summed E-state index contributed by atoms with van der Waals surface area (Å²) in [7, 11) is 0. The normalized spacial score (nSPS) is 17.9. The van der Waals surface area contributed by atoms with Crippen molar-refractivity contribution in [3.8, 4) is 5.75 Å². The summed E-state index contributed by atoms with van der Waals surface area (Å²) in [5.41, 5.74) is 1.14. The van der Waals surface area contributed by atoms with Crippen LogP contribution in [-0.4, -0.2) is 21.9 Å². The Morgan fingerprint density at radius 2 is 1.48 bits per heavy atom. The summed E-state index contributed by atoms with van der Waals surface area (Å²) >= 11 is 15.6. The predicted octanol–water partition coefficient (Wildman–Crippen LogP) is 6.09. The Bertz CT molecular complexity index is 1200. The molecule has 2 N–H and O–H groups in total. The quantitative estimate of drug-likeness (QED) is 0.250. The van der Waals surface area contributed by atoms with Gasteiger partial charge >= 0.3 is 0 Å². The number of ketones is 1. The highest BCUT2D eigenvalue weighted by atomic mass is 79.9. The van der Waals surface area contributed by atoms with Gasteiger partial charge in [0.2, 0.25) is 0 Å². The number of phenols is 1. The number of phenolic OH excluding ortho intramolecular Hbond substituents is 1. The van der Waals surface area contributed by atoms with Crippen molar-refractivity contribution in [3.05, 3.63) is 97.9 Å². The molecule has 1 aliphatic heterocycles. The van der Waals surface area contributed by atoms with Crippen LogP contribution in [-0.2, 0) is 9.59 Å². The van der Waals surface area contributed by atoms with E-state index in [-0.39, 0.29) is 17.1 Å². The summed E-state index contributed by atoms with van der Waals surface area (Å²) in [4.78, 5) is 27.4. The molecule has 3 aromatic carbocycles. The van der Waals surface area contributed by atoms with Gasteiger partial charge in [-0.1, -0.05) is 63.4 Å². The highest BCUT2D eigenvalue weighted by Gasteiger charge is 2.47. The molecule has 1 fully saturated rings. The molecule has 156 valence electrons. The van der Waals surface area contributed by atoms with Gasteiger partial charge in [0, 0.05) is 25.8 Å². The van der Waals surface area contributed by atoms with Crippen LogP contribution >= 0.6 is 39.1 Å². The second kappa shape index (κ2) is 8.38. The SMILES string of the molecule is O=C1C(=O)N(c2cc(Cl)cc(Cl)c2)C(c2ccc(O)cc2)/C1=C(\O)c1ccc(Br)cc1. The van der Waals surface area contributed by atoms with Gasteiger partial charge in [-0.3, -0.25) is 14.5 Å². The minimum absolute atomic E-state index is 0.0272. The molecule has 0 saturated carbocycles. The van der Waals surface area contributed by atoms with Gasteiger partial charge in [-0.2, -0.15) is 0 Å². The highest BCUT2D eigenvalue weighted by molar-refractivity contribution is 9.10. The Morgan fingerprint density at radius 1 is 0.903 bits per heavy atom. The van der Waals surface area contributed by atoms with Crippen LogP contribution in [0.3, 0.4) is 0 Å². The van der Waals surface area contributed by atoms with Gasteiger partial charge < -0.3 is 10.2 Å². The average Bonchev–Trinajstić information content (AvgIpc) is 2.99. The second-order valence-corrected chi connectivity index (χ2v) is 8.68. The van der Waals surface area contributed by atoms with E-state index in [0.717, 1.165) is 4.47 Å². The van der Waals surface area contributed by atoms with Crippen molar-refractivity contribution in [2.75, 3.05) is 4.90 Å². The number of halogens is 3. The molecule has 0 spiro atoms. The Kier molecular flexibility index (Phi) is 5.79. The van der Waals surface area contributed by atoms with Crippen LogP contribution in [0.15, 0.2) is 76.8 Å². The van der Waals surface area contributed by atoms with E-state index in [4.69, 9.17) is 23.2 Å².